The van der Waals surface area contributed by atoms with Crippen LogP contribution >= 0.6 is 15.9 Å². The lowest BCUT2D eigenvalue weighted by molar-refractivity contribution is 0.177. The molecule has 0 aliphatic carbocycles. The van der Waals surface area contributed by atoms with Gasteiger partial charge in [0.25, 0.3) is 0 Å². The summed E-state index contributed by atoms with van der Waals surface area (Å²) in [4.78, 5) is 0. The molecule has 0 radical (unpaired) electrons. The summed E-state index contributed by atoms with van der Waals surface area (Å²) in [5.41, 5.74) is 2.25. The van der Waals surface area contributed by atoms with Gasteiger partial charge in [-0.15, -0.1) is 0 Å². The van der Waals surface area contributed by atoms with Crippen LogP contribution < -0.4 is 10.1 Å². The molecule has 0 fully saturated rings. The molecule has 0 spiro atoms. The third-order valence-corrected chi connectivity index (χ3v) is 3.65. The number of ether oxygens (including phenoxy) is 1. The highest BCUT2D eigenvalue weighted by atomic mass is 79.9. The molecule has 0 aromatic heterocycles. The minimum absolute atomic E-state index is 0.0554. The molecule has 3 rings (SSSR count). The van der Waals surface area contributed by atoms with Crippen molar-refractivity contribution in [2.45, 2.75) is 19.1 Å². The Morgan fingerprint density at radius 3 is 2.67 bits per heavy atom. The van der Waals surface area contributed by atoms with Crippen molar-refractivity contribution in [3.8, 4) is 5.75 Å². The van der Waals surface area contributed by atoms with Gasteiger partial charge in [-0.3, -0.25) is 0 Å². The highest BCUT2D eigenvalue weighted by Crippen LogP contribution is 2.38. The predicted octanol–water partition coefficient (Wildman–Crippen LogP) is 4.38. The molecule has 92 valence electrons. The van der Waals surface area contributed by atoms with Crippen molar-refractivity contribution >= 4 is 21.6 Å². The van der Waals surface area contributed by atoms with E-state index in [0.717, 1.165) is 15.9 Å². The van der Waals surface area contributed by atoms with Crippen LogP contribution in [-0.4, -0.2) is 6.04 Å². The highest BCUT2D eigenvalue weighted by Gasteiger charge is 2.27. The Morgan fingerprint density at radius 2 is 1.89 bits per heavy atom. The van der Waals surface area contributed by atoms with Gasteiger partial charge in [0.1, 0.15) is 11.9 Å². The number of anilines is 1. The summed E-state index contributed by atoms with van der Waals surface area (Å²) in [5, 5.41) is 3.49. The maximum absolute atomic E-state index is 6.10. The number of fused-ring (bicyclic) bond motifs is 1. The standard InChI is InChI=1S/C15H14BrNO/c1-10-15(11-5-3-2-4-6-11)18-14-8-7-12(16)9-13(14)17-10/h2-10,15,17H,1H3. The minimum Gasteiger partial charge on any atom is -0.481 e. The van der Waals surface area contributed by atoms with Crippen molar-refractivity contribution in [2.24, 2.45) is 0 Å². The van der Waals surface area contributed by atoms with E-state index in [1.807, 2.05) is 36.4 Å². The van der Waals surface area contributed by atoms with Crippen molar-refractivity contribution in [3.63, 3.8) is 0 Å². The first-order valence-corrected chi connectivity index (χ1v) is 6.81. The molecule has 1 N–H and O–H groups in total. The predicted molar refractivity (Wildman–Crippen MR) is 77.0 cm³/mol. The van der Waals surface area contributed by atoms with E-state index in [9.17, 15) is 0 Å². The van der Waals surface area contributed by atoms with Crippen molar-refractivity contribution in [2.75, 3.05) is 5.32 Å². The fraction of sp³-hybridized carbons (Fsp3) is 0.200. The number of halogens is 1. The normalized spacial score (nSPS) is 21.7. The molecule has 3 heteroatoms. The van der Waals surface area contributed by atoms with Crippen LogP contribution in [0, 0.1) is 0 Å². The summed E-state index contributed by atoms with van der Waals surface area (Å²) in [7, 11) is 0. The van der Waals surface area contributed by atoms with Crippen LogP contribution in [0.3, 0.4) is 0 Å². The van der Waals surface area contributed by atoms with Crippen molar-refractivity contribution < 1.29 is 4.74 Å². The van der Waals surface area contributed by atoms with Crippen LogP contribution in [-0.2, 0) is 0 Å². The topological polar surface area (TPSA) is 21.3 Å². The van der Waals surface area contributed by atoms with Gasteiger partial charge in [0.15, 0.2) is 0 Å². The zero-order chi connectivity index (χ0) is 12.5. The van der Waals surface area contributed by atoms with Gasteiger partial charge in [-0.05, 0) is 30.7 Å². The fourth-order valence-corrected chi connectivity index (χ4v) is 2.64. The molecule has 2 nitrogen and oxygen atoms in total. The summed E-state index contributed by atoms with van der Waals surface area (Å²) >= 11 is 3.47. The van der Waals surface area contributed by atoms with Crippen LogP contribution in [0.4, 0.5) is 5.69 Å². The molecular weight excluding hydrogens is 290 g/mol. The van der Waals surface area contributed by atoms with E-state index in [1.54, 1.807) is 0 Å². The average molecular weight is 304 g/mol. The summed E-state index contributed by atoms with van der Waals surface area (Å²) in [6.45, 7) is 2.14. The van der Waals surface area contributed by atoms with Crippen LogP contribution in [0.1, 0.15) is 18.6 Å². The van der Waals surface area contributed by atoms with Gasteiger partial charge >= 0.3 is 0 Å². The second-order valence-corrected chi connectivity index (χ2v) is 5.44. The molecule has 2 atom stereocenters. The SMILES string of the molecule is CC1Nc2cc(Br)ccc2OC1c1ccccc1. The Hall–Kier alpha value is -1.48. The molecule has 0 saturated carbocycles. The van der Waals surface area contributed by atoms with Crippen molar-refractivity contribution in [1.82, 2.24) is 0 Å². The summed E-state index contributed by atoms with van der Waals surface area (Å²) in [6, 6.07) is 16.6. The zero-order valence-electron chi connectivity index (χ0n) is 10.1. The molecule has 2 aromatic carbocycles. The number of rotatable bonds is 1. The highest BCUT2D eigenvalue weighted by molar-refractivity contribution is 9.10. The van der Waals surface area contributed by atoms with E-state index >= 15 is 0 Å². The summed E-state index contributed by atoms with van der Waals surface area (Å²) in [6.07, 6.45) is 0.0554. The lowest BCUT2D eigenvalue weighted by Crippen LogP contribution is -2.32. The molecular formula is C15H14BrNO. The minimum atomic E-state index is 0.0554. The second kappa shape index (κ2) is 4.65. The van der Waals surface area contributed by atoms with Gasteiger partial charge in [-0.25, -0.2) is 0 Å². The zero-order valence-corrected chi connectivity index (χ0v) is 11.6. The Labute approximate surface area is 115 Å². The van der Waals surface area contributed by atoms with E-state index < -0.39 is 0 Å². The Kier molecular flexibility index (Phi) is 3.00. The average Bonchev–Trinajstić information content (AvgIpc) is 2.39. The summed E-state index contributed by atoms with van der Waals surface area (Å²) in [5.74, 6) is 0.908. The van der Waals surface area contributed by atoms with Crippen molar-refractivity contribution in [1.29, 1.82) is 0 Å². The first-order chi connectivity index (χ1) is 8.74. The fourth-order valence-electron chi connectivity index (χ4n) is 2.28. The molecule has 18 heavy (non-hydrogen) atoms. The number of nitrogens with one attached hydrogen (secondary N) is 1. The third-order valence-electron chi connectivity index (χ3n) is 3.16. The van der Waals surface area contributed by atoms with E-state index in [-0.39, 0.29) is 12.1 Å². The van der Waals surface area contributed by atoms with Gasteiger partial charge < -0.3 is 10.1 Å². The molecule has 1 aliphatic rings. The van der Waals surface area contributed by atoms with Crippen LogP contribution in [0.2, 0.25) is 0 Å². The first kappa shape index (κ1) is 11.6. The van der Waals surface area contributed by atoms with Crippen LogP contribution in [0.15, 0.2) is 53.0 Å². The van der Waals surface area contributed by atoms with E-state index in [0.29, 0.717) is 0 Å². The van der Waals surface area contributed by atoms with Crippen LogP contribution in [0.25, 0.3) is 0 Å². The van der Waals surface area contributed by atoms with E-state index in [4.69, 9.17) is 4.74 Å². The molecule has 1 aliphatic heterocycles. The quantitative estimate of drug-likeness (QED) is 0.844. The number of hydrogen-bond donors (Lipinski definition) is 1. The monoisotopic (exact) mass is 303 g/mol. The second-order valence-electron chi connectivity index (χ2n) is 4.52. The lowest BCUT2D eigenvalue weighted by atomic mass is 10.0. The molecule has 2 aromatic rings. The number of hydrogen-bond acceptors (Lipinski definition) is 2. The Morgan fingerprint density at radius 1 is 1.11 bits per heavy atom. The maximum atomic E-state index is 6.10. The largest absolute Gasteiger partial charge is 0.481 e. The smallest absolute Gasteiger partial charge is 0.144 e. The molecule has 0 bridgehead atoms. The number of benzene rings is 2. The Balaban J connectivity index is 1.95. The Bertz CT molecular complexity index is 556. The molecule has 1 heterocycles. The lowest BCUT2D eigenvalue weighted by Gasteiger charge is -2.33. The van der Waals surface area contributed by atoms with Gasteiger partial charge in [-0.2, -0.15) is 0 Å². The van der Waals surface area contributed by atoms with E-state index in [1.165, 1.54) is 5.56 Å². The van der Waals surface area contributed by atoms with Crippen LogP contribution in [0.5, 0.6) is 5.75 Å². The first-order valence-electron chi connectivity index (χ1n) is 6.02. The maximum Gasteiger partial charge on any atom is 0.144 e. The molecule has 0 saturated heterocycles. The molecule has 0 amide bonds. The van der Waals surface area contributed by atoms with E-state index in [2.05, 4.69) is 40.3 Å². The van der Waals surface area contributed by atoms with Gasteiger partial charge in [0.2, 0.25) is 0 Å². The van der Waals surface area contributed by atoms with Gasteiger partial charge in [0.05, 0.1) is 11.7 Å². The van der Waals surface area contributed by atoms with Gasteiger partial charge in [0, 0.05) is 4.47 Å². The third kappa shape index (κ3) is 2.10. The molecule has 2 unspecified atom stereocenters. The summed E-state index contributed by atoms with van der Waals surface area (Å²) < 4.78 is 7.16. The van der Waals surface area contributed by atoms with Gasteiger partial charge in [-0.1, -0.05) is 46.3 Å². The van der Waals surface area contributed by atoms with Crippen molar-refractivity contribution in [3.05, 3.63) is 58.6 Å².